The fourth-order valence-electron chi connectivity index (χ4n) is 2.97. The number of anilines is 1. The highest BCUT2D eigenvalue weighted by atomic mass is 35.5. The van der Waals surface area contributed by atoms with Crippen molar-refractivity contribution in [3.8, 4) is 0 Å². The Balaban J connectivity index is 1.79. The van der Waals surface area contributed by atoms with Crippen molar-refractivity contribution in [3.63, 3.8) is 0 Å². The fourth-order valence-corrected chi connectivity index (χ4v) is 3.09. The first-order valence-electron chi connectivity index (χ1n) is 8.44. The van der Waals surface area contributed by atoms with E-state index in [9.17, 15) is 14.4 Å². The van der Waals surface area contributed by atoms with Gasteiger partial charge in [-0.25, -0.2) is 4.79 Å². The van der Waals surface area contributed by atoms with Crippen molar-refractivity contribution in [1.82, 2.24) is 4.90 Å². The van der Waals surface area contributed by atoms with Crippen molar-refractivity contribution < 1.29 is 14.4 Å². The molecule has 0 radical (unpaired) electrons. The first-order chi connectivity index (χ1) is 12.4. The predicted octanol–water partition coefficient (Wildman–Crippen LogP) is 3.94. The summed E-state index contributed by atoms with van der Waals surface area (Å²) >= 11 is 5.88. The first-order valence-corrected chi connectivity index (χ1v) is 8.82. The van der Waals surface area contributed by atoms with Gasteiger partial charge in [-0.15, -0.1) is 0 Å². The molecule has 1 saturated heterocycles. The van der Waals surface area contributed by atoms with Gasteiger partial charge in [0.05, 0.1) is 6.54 Å². The minimum Gasteiger partial charge on any atom is -0.292 e. The number of Topliss-reactive ketones (excluding diaryl/α,β-unsaturated/α-hetero) is 1. The van der Waals surface area contributed by atoms with Crippen LogP contribution in [-0.2, 0) is 11.2 Å². The maximum Gasteiger partial charge on any atom is 0.332 e. The Labute approximate surface area is 157 Å². The zero-order valence-electron chi connectivity index (χ0n) is 14.6. The topological polar surface area (TPSA) is 57.7 Å². The third kappa shape index (κ3) is 3.35. The predicted molar refractivity (Wildman–Crippen MR) is 101 cm³/mol. The van der Waals surface area contributed by atoms with Crippen molar-refractivity contribution in [3.05, 3.63) is 64.7 Å². The van der Waals surface area contributed by atoms with Crippen molar-refractivity contribution in [2.45, 2.75) is 26.3 Å². The molecule has 1 atom stereocenters. The van der Waals surface area contributed by atoms with Gasteiger partial charge in [-0.05, 0) is 43.2 Å². The van der Waals surface area contributed by atoms with Gasteiger partial charge >= 0.3 is 6.03 Å². The van der Waals surface area contributed by atoms with E-state index in [1.54, 1.807) is 43.3 Å². The molecular formula is C20H19ClN2O3. The minimum absolute atomic E-state index is 0.264. The molecule has 1 unspecified atom stereocenters. The number of amides is 3. The molecule has 0 aromatic heterocycles. The Kier molecular flexibility index (Phi) is 5.09. The number of carbonyl (C=O) groups is 3. The second kappa shape index (κ2) is 7.30. The number of rotatable bonds is 5. The highest BCUT2D eigenvalue weighted by Crippen LogP contribution is 2.27. The number of benzene rings is 2. The van der Waals surface area contributed by atoms with Crippen LogP contribution in [0.15, 0.2) is 48.5 Å². The summed E-state index contributed by atoms with van der Waals surface area (Å²) in [4.78, 5) is 40.1. The van der Waals surface area contributed by atoms with E-state index in [4.69, 9.17) is 11.6 Å². The third-order valence-electron chi connectivity index (χ3n) is 4.54. The summed E-state index contributed by atoms with van der Waals surface area (Å²) in [5.74, 6) is -0.650. The van der Waals surface area contributed by atoms with Crippen LogP contribution in [0.25, 0.3) is 0 Å². The molecule has 1 fully saturated rings. The average molecular weight is 371 g/mol. The van der Waals surface area contributed by atoms with Crippen LogP contribution in [0.3, 0.4) is 0 Å². The van der Waals surface area contributed by atoms with Crippen LogP contribution >= 0.6 is 11.6 Å². The van der Waals surface area contributed by atoms with E-state index in [1.807, 2.05) is 19.1 Å². The van der Waals surface area contributed by atoms with Gasteiger partial charge in [-0.2, -0.15) is 0 Å². The minimum atomic E-state index is -0.668. The largest absolute Gasteiger partial charge is 0.332 e. The average Bonchev–Trinajstić information content (AvgIpc) is 2.86. The second-order valence-electron chi connectivity index (χ2n) is 6.20. The van der Waals surface area contributed by atoms with Crippen LogP contribution in [-0.4, -0.2) is 35.2 Å². The van der Waals surface area contributed by atoms with Gasteiger partial charge in [0.1, 0.15) is 6.04 Å². The highest BCUT2D eigenvalue weighted by molar-refractivity contribution is 6.30. The molecule has 2 aromatic rings. The van der Waals surface area contributed by atoms with Gasteiger partial charge in [0.15, 0.2) is 5.78 Å². The van der Waals surface area contributed by atoms with Crippen molar-refractivity contribution >= 4 is 35.0 Å². The molecule has 6 heteroatoms. The number of nitrogens with zero attached hydrogens (tertiary/aromatic N) is 2. The number of imide groups is 1. The quantitative estimate of drug-likeness (QED) is 0.591. The van der Waals surface area contributed by atoms with E-state index in [-0.39, 0.29) is 18.2 Å². The van der Waals surface area contributed by atoms with Crippen LogP contribution in [0.2, 0.25) is 5.02 Å². The molecule has 0 N–H and O–H groups in total. The van der Waals surface area contributed by atoms with E-state index in [0.717, 1.165) is 16.9 Å². The molecule has 134 valence electrons. The van der Waals surface area contributed by atoms with Crippen molar-refractivity contribution in [2.75, 3.05) is 11.4 Å². The number of halogens is 1. The van der Waals surface area contributed by atoms with Crippen LogP contribution in [0.4, 0.5) is 10.5 Å². The highest BCUT2D eigenvalue weighted by Gasteiger charge is 2.44. The van der Waals surface area contributed by atoms with Gasteiger partial charge in [0.2, 0.25) is 0 Å². The third-order valence-corrected chi connectivity index (χ3v) is 4.79. The zero-order valence-corrected chi connectivity index (χ0v) is 15.4. The van der Waals surface area contributed by atoms with Gasteiger partial charge in [-0.3, -0.25) is 19.4 Å². The van der Waals surface area contributed by atoms with Crippen molar-refractivity contribution in [1.29, 1.82) is 0 Å². The lowest BCUT2D eigenvalue weighted by atomic mass is 10.1. The lowest BCUT2D eigenvalue weighted by molar-refractivity contribution is -0.126. The lowest BCUT2D eigenvalue weighted by Crippen LogP contribution is -2.37. The maximum absolute atomic E-state index is 12.7. The Hall–Kier alpha value is -2.66. The molecular weight excluding hydrogens is 352 g/mol. The summed E-state index contributed by atoms with van der Waals surface area (Å²) in [5.41, 5.74) is 2.18. The normalized spacial score (nSPS) is 17.1. The number of ketones is 1. The van der Waals surface area contributed by atoms with E-state index in [0.29, 0.717) is 16.3 Å². The fraction of sp³-hybridized carbons (Fsp3) is 0.250. The Morgan fingerprint density at radius 2 is 1.65 bits per heavy atom. The van der Waals surface area contributed by atoms with E-state index < -0.39 is 12.1 Å². The van der Waals surface area contributed by atoms with Crippen molar-refractivity contribution in [2.24, 2.45) is 0 Å². The second-order valence-corrected chi connectivity index (χ2v) is 6.64. The Morgan fingerprint density at radius 1 is 1.04 bits per heavy atom. The van der Waals surface area contributed by atoms with Crippen LogP contribution < -0.4 is 4.90 Å². The maximum atomic E-state index is 12.7. The summed E-state index contributed by atoms with van der Waals surface area (Å²) < 4.78 is 0. The molecule has 3 amide bonds. The molecule has 0 spiro atoms. The smallest absolute Gasteiger partial charge is 0.292 e. The molecule has 0 saturated carbocycles. The molecule has 2 aromatic carbocycles. The van der Waals surface area contributed by atoms with Crippen LogP contribution in [0, 0.1) is 0 Å². The summed E-state index contributed by atoms with van der Waals surface area (Å²) in [6, 6.07) is 12.7. The van der Waals surface area contributed by atoms with Crippen LogP contribution in [0.5, 0.6) is 0 Å². The van der Waals surface area contributed by atoms with E-state index in [2.05, 4.69) is 0 Å². The summed E-state index contributed by atoms with van der Waals surface area (Å²) in [6.45, 7) is 3.41. The van der Waals surface area contributed by atoms with E-state index in [1.165, 1.54) is 4.90 Å². The molecule has 1 heterocycles. The number of aryl methyl sites for hydroxylation is 1. The summed E-state index contributed by atoms with van der Waals surface area (Å²) in [5, 5.41) is 0.543. The standard InChI is InChI=1S/C20H19ClN2O3/c1-3-14-4-6-15(7-5-14)18(24)12-22-19(25)13(2)23(20(22)26)17-10-8-16(21)9-11-17/h4-11,13H,3,12H2,1-2H3. The monoisotopic (exact) mass is 370 g/mol. The lowest BCUT2D eigenvalue weighted by Gasteiger charge is -2.19. The number of carbonyl (C=O) groups excluding carboxylic acids is 3. The first kappa shape index (κ1) is 18.1. The molecule has 0 bridgehead atoms. The molecule has 3 rings (SSSR count). The van der Waals surface area contributed by atoms with Gasteiger partial charge in [-0.1, -0.05) is 42.8 Å². The molecule has 26 heavy (non-hydrogen) atoms. The van der Waals surface area contributed by atoms with Gasteiger partial charge in [0.25, 0.3) is 5.91 Å². The van der Waals surface area contributed by atoms with Gasteiger partial charge < -0.3 is 0 Å². The summed E-state index contributed by atoms with van der Waals surface area (Å²) in [6.07, 6.45) is 0.880. The van der Waals surface area contributed by atoms with Gasteiger partial charge in [0, 0.05) is 16.3 Å². The van der Waals surface area contributed by atoms with E-state index >= 15 is 0 Å². The molecule has 0 aliphatic carbocycles. The van der Waals surface area contributed by atoms with Crippen LogP contribution in [0.1, 0.15) is 29.8 Å². The Morgan fingerprint density at radius 3 is 2.23 bits per heavy atom. The molecule has 1 aliphatic heterocycles. The molecule has 1 aliphatic rings. The number of hydrogen-bond donors (Lipinski definition) is 0. The molecule has 5 nitrogen and oxygen atoms in total. The number of urea groups is 1. The SMILES string of the molecule is CCc1ccc(C(=O)CN2C(=O)C(C)N(c3ccc(Cl)cc3)C2=O)cc1. The summed E-state index contributed by atoms with van der Waals surface area (Å²) in [7, 11) is 0. The number of hydrogen-bond acceptors (Lipinski definition) is 3. The Bertz CT molecular complexity index is 846. The zero-order chi connectivity index (χ0) is 18.8.